The molecule has 15 heavy (non-hydrogen) atoms. The van der Waals surface area contributed by atoms with Gasteiger partial charge in [-0.2, -0.15) is 0 Å². The van der Waals surface area contributed by atoms with Gasteiger partial charge in [-0.3, -0.25) is 4.79 Å². The number of carbonyl (C=O) groups excluding carboxylic acids is 1. The standard InChI is InChI=1S/C10H20F2N2O/c1-7(2)6-14-9(15)4-5-13-8(3)10(11)12/h7-8,10,13H,4-6H2,1-3H3,(H,14,15). The first-order chi connectivity index (χ1) is 6.93. The van der Waals surface area contributed by atoms with E-state index in [4.69, 9.17) is 0 Å². The maximum atomic E-state index is 12.0. The van der Waals surface area contributed by atoms with E-state index in [0.29, 0.717) is 12.5 Å². The predicted octanol–water partition coefficient (Wildman–Crippen LogP) is 1.39. The smallest absolute Gasteiger partial charge is 0.253 e. The Bertz CT molecular complexity index is 186. The second kappa shape index (κ2) is 7.56. The number of nitrogens with one attached hydrogen (secondary N) is 2. The zero-order valence-electron chi connectivity index (χ0n) is 9.52. The molecular formula is C10H20F2N2O. The fourth-order valence-electron chi connectivity index (χ4n) is 0.909. The fourth-order valence-corrected chi connectivity index (χ4v) is 0.909. The van der Waals surface area contributed by atoms with Gasteiger partial charge in [-0.05, 0) is 12.8 Å². The van der Waals surface area contributed by atoms with Crippen molar-refractivity contribution in [2.45, 2.75) is 39.7 Å². The number of rotatable bonds is 7. The SMILES string of the molecule is CC(C)CNC(=O)CCNC(C)C(F)F. The summed E-state index contributed by atoms with van der Waals surface area (Å²) in [6.45, 7) is 6.31. The summed E-state index contributed by atoms with van der Waals surface area (Å²) < 4.78 is 24.1. The van der Waals surface area contributed by atoms with E-state index in [9.17, 15) is 13.6 Å². The molecule has 5 heteroatoms. The van der Waals surface area contributed by atoms with E-state index < -0.39 is 12.5 Å². The molecule has 0 aromatic rings. The lowest BCUT2D eigenvalue weighted by atomic mass is 10.2. The number of carbonyl (C=O) groups is 1. The Morgan fingerprint density at radius 2 is 1.87 bits per heavy atom. The van der Waals surface area contributed by atoms with Crippen molar-refractivity contribution in [2.24, 2.45) is 5.92 Å². The molecule has 0 aromatic heterocycles. The molecule has 0 radical (unpaired) electrons. The number of halogens is 2. The summed E-state index contributed by atoms with van der Waals surface area (Å²) >= 11 is 0. The van der Waals surface area contributed by atoms with E-state index in [-0.39, 0.29) is 18.9 Å². The quantitative estimate of drug-likeness (QED) is 0.683. The Morgan fingerprint density at radius 3 is 2.33 bits per heavy atom. The highest BCUT2D eigenvalue weighted by Crippen LogP contribution is 1.98. The van der Waals surface area contributed by atoms with Crippen molar-refractivity contribution in [3.8, 4) is 0 Å². The van der Waals surface area contributed by atoms with Gasteiger partial charge >= 0.3 is 0 Å². The fraction of sp³-hybridized carbons (Fsp3) is 0.900. The zero-order valence-corrected chi connectivity index (χ0v) is 9.52. The van der Waals surface area contributed by atoms with Crippen molar-refractivity contribution >= 4 is 5.91 Å². The topological polar surface area (TPSA) is 41.1 Å². The van der Waals surface area contributed by atoms with Crippen molar-refractivity contribution in [1.29, 1.82) is 0 Å². The lowest BCUT2D eigenvalue weighted by Gasteiger charge is -2.12. The van der Waals surface area contributed by atoms with Crippen molar-refractivity contribution < 1.29 is 13.6 Å². The van der Waals surface area contributed by atoms with Gasteiger partial charge in [0.05, 0.1) is 6.04 Å². The van der Waals surface area contributed by atoms with Crippen LogP contribution in [0.3, 0.4) is 0 Å². The van der Waals surface area contributed by atoms with Crippen LogP contribution < -0.4 is 10.6 Å². The van der Waals surface area contributed by atoms with Crippen molar-refractivity contribution in [1.82, 2.24) is 10.6 Å². The lowest BCUT2D eigenvalue weighted by Crippen LogP contribution is -2.36. The lowest BCUT2D eigenvalue weighted by molar-refractivity contribution is -0.121. The molecule has 0 aromatic carbocycles. The molecule has 0 fully saturated rings. The summed E-state index contributed by atoms with van der Waals surface area (Å²) in [4.78, 5) is 11.2. The number of amides is 1. The highest BCUT2D eigenvalue weighted by atomic mass is 19.3. The van der Waals surface area contributed by atoms with Crippen LogP contribution in [0.4, 0.5) is 8.78 Å². The zero-order chi connectivity index (χ0) is 11.8. The van der Waals surface area contributed by atoms with Gasteiger partial charge in [0.15, 0.2) is 0 Å². The van der Waals surface area contributed by atoms with Gasteiger partial charge in [0.25, 0.3) is 6.43 Å². The van der Waals surface area contributed by atoms with Crippen LogP contribution >= 0.6 is 0 Å². The molecule has 0 saturated heterocycles. The molecule has 0 heterocycles. The van der Waals surface area contributed by atoms with Gasteiger partial charge in [0.1, 0.15) is 0 Å². The molecule has 0 bridgehead atoms. The number of alkyl halides is 2. The summed E-state index contributed by atoms with van der Waals surface area (Å²) in [7, 11) is 0. The first kappa shape index (κ1) is 14.3. The summed E-state index contributed by atoms with van der Waals surface area (Å²) in [6, 6.07) is -0.858. The van der Waals surface area contributed by atoms with Gasteiger partial charge in [-0.15, -0.1) is 0 Å². The van der Waals surface area contributed by atoms with Crippen LogP contribution in [0.25, 0.3) is 0 Å². The number of hydrogen-bond donors (Lipinski definition) is 2. The molecule has 0 aliphatic heterocycles. The minimum absolute atomic E-state index is 0.0994. The summed E-state index contributed by atoms with van der Waals surface area (Å²) in [5.41, 5.74) is 0. The molecule has 3 nitrogen and oxygen atoms in total. The van der Waals surface area contributed by atoms with Crippen LogP contribution in [0.5, 0.6) is 0 Å². The van der Waals surface area contributed by atoms with Crippen LogP contribution in [0.15, 0.2) is 0 Å². The Labute approximate surface area is 89.6 Å². The second-order valence-electron chi connectivity index (χ2n) is 4.03. The minimum atomic E-state index is -2.39. The third-order valence-electron chi connectivity index (χ3n) is 1.90. The second-order valence-corrected chi connectivity index (χ2v) is 4.03. The van der Waals surface area contributed by atoms with E-state index in [1.165, 1.54) is 6.92 Å². The monoisotopic (exact) mass is 222 g/mol. The summed E-state index contributed by atoms with van der Waals surface area (Å²) in [6.07, 6.45) is -2.15. The Morgan fingerprint density at radius 1 is 1.27 bits per heavy atom. The molecule has 0 spiro atoms. The van der Waals surface area contributed by atoms with Gasteiger partial charge in [-0.25, -0.2) is 8.78 Å². The Balaban J connectivity index is 3.47. The van der Waals surface area contributed by atoms with E-state index in [2.05, 4.69) is 10.6 Å². The van der Waals surface area contributed by atoms with E-state index in [0.717, 1.165) is 0 Å². The Hall–Kier alpha value is -0.710. The normalized spacial score (nSPS) is 13.3. The van der Waals surface area contributed by atoms with Gasteiger partial charge in [0, 0.05) is 19.5 Å². The molecule has 1 amide bonds. The van der Waals surface area contributed by atoms with E-state index in [1.807, 2.05) is 13.8 Å². The van der Waals surface area contributed by atoms with Crippen molar-refractivity contribution in [2.75, 3.05) is 13.1 Å². The third-order valence-corrected chi connectivity index (χ3v) is 1.90. The molecule has 1 atom stereocenters. The molecule has 1 unspecified atom stereocenters. The maximum absolute atomic E-state index is 12.0. The van der Waals surface area contributed by atoms with Crippen molar-refractivity contribution in [3.63, 3.8) is 0 Å². The van der Waals surface area contributed by atoms with Gasteiger partial charge < -0.3 is 10.6 Å². The van der Waals surface area contributed by atoms with Gasteiger partial charge in [0.2, 0.25) is 5.91 Å². The van der Waals surface area contributed by atoms with Gasteiger partial charge in [-0.1, -0.05) is 13.8 Å². The van der Waals surface area contributed by atoms with Crippen LogP contribution in [-0.2, 0) is 4.79 Å². The molecule has 0 rings (SSSR count). The van der Waals surface area contributed by atoms with Crippen LogP contribution in [-0.4, -0.2) is 31.5 Å². The largest absolute Gasteiger partial charge is 0.356 e. The highest BCUT2D eigenvalue weighted by molar-refractivity contribution is 5.76. The summed E-state index contributed by atoms with van der Waals surface area (Å²) in [5, 5.41) is 5.31. The number of hydrogen-bond acceptors (Lipinski definition) is 2. The van der Waals surface area contributed by atoms with E-state index >= 15 is 0 Å². The molecule has 90 valence electrons. The third kappa shape index (κ3) is 8.30. The average Bonchev–Trinajstić information content (AvgIpc) is 2.14. The van der Waals surface area contributed by atoms with Crippen molar-refractivity contribution in [3.05, 3.63) is 0 Å². The molecule has 2 N–H and O–H groups in total. The first-order valence-corrected chi connectivity index (χ1v) is 5.21. The van der Waals surface area contributed by atoms with Crippen LogP contribution in [0.1, 0.15) is 27.2 Å². The molecule has 0 aliphatic carbocycles. The predicted molar refractivity (Wildman–Crippen MR) is 55.9 cm³/mol. The summed E-state index contributed by atoms with van der Waals surface area (Å²) in [5.74, 6) is 0.305. The van der Waals surface area contributed by atoms with Crippen LogP contribution in [0.2, 0.25) is 0 Å². The molecule has 0 saturated carbocycles. The first-order valence-electron chi connectivity index (χ1n) is 5.21. The van der Waals surface area contributed by atoms with E-state index in [1.54, 1.807) is 0 Å². The van der Waals surface area contributed by atoms with Crippen LogP contribution in [0, 0.1) is 5.92 Å². The molecular weight excluding hydrogens is 202 g/mol. The maximum Gasteiger partial charge on any atom is 0.253 e. The minimum Gasteiger partial charge on any atom is -0.356 e. The average molecular weight is 222 g/mol. The Kier molecular flexibility index (Phi) is 7.21. The molecule has 0 aliphatic rings. The highest BCUT2D eigenvalue weighted by Gasteiger charge is 2.13.